The van der Waals surface area contributed by atoms with Crippen molar-refractivity contribution in [3.8, 4) is 0 Å². The number of fused-ring (bicyclic) bond motifs is 1. The smallest absolute Gasteiger partial charge is 0.477 e. The Morgan fingerprint density at radius 3 is 2.17 bits per heavy atom. The van der Waals surface area contributed by atoms with E-state index in [-0.39, 0.29) is 48.5 Å². The number of thiazole rings is 1. The van der Waals surface area contributed by atoms with E-state index in [0.717, 1.165) is 0 Å². The number of hydrogen-bond donors (Lipinski definition) is 2. The number of nitrogens with zero attached hydrogens (tertiary/aromatic N) is 5. The van der Waals surface area contributed by atoms with E-state index in [0.29, 0.717) is 33.3 Å². The number of carbonyl (C=O) groups is 4. The number of carboxylic acids is 1. The molecule has 0 radical (unpaired) electrons. The number of thioether (sulfide) groups is 1. The lowest BCUT2D eigenvalue weighted by Gasteiger charge is -2.45. The summed E-state index contributed by atoms with van der Waals surface area (Å²) >= 11 is 2.45. The summed E-state index contributed by atoms with van der Waals surface area (Å²) < 4.78 is 16.0. The first-order chi connectivity index (χ1) is 24.8. The van der Waals surface area contributed by atoms with E-state index in [4.69, 9.17) is 19.9 Å². The van der Waals surface area contributed by atoms with Gasteiger partial charge >= 0.3 is 18.2 Å². The predicted molar refractivity (Wildman–Crippen MR) is 182 cm³/mol. The number of likely N-dealkylation sites (tertiary alicyclic amines) is 1. The van der Waals surface area contributed by atoms with Crippen molar-refractivity contribution in [1.82, 2.24) is 14.8 Å². The van der Waals surface area contributed by atoms with Gasteiger partial charge < -0.3 is 30.0 Å². The Balaban J connectivity index is 1.09. The van der Waals surface area contributed by atoms with Crippen molar-refractivity contribution in [2.24, 2.45) is 5.92 Å². The number of anilines is 1. The summed E-state index contributed by atoms with van der Waals surface area (Å²) in [5.41, 5.74) is 7.06. The van der Waals surface area contributed by atoms with Crippen LogP contribution in [0.3, 0.4) is 0 Å². The van der Waals surface area contributed by atoms with Crippen molar-refractivity contribution in [3.05, 3.63) is 102 Å². The Kier molecular flexibility index (Phi) is 10.3. The molecule has 2 saturated heterocycles. The van der Waals surface area contributed by atoms with Gasteiger partial charge in [-0.15, -0.1) is 23.1 Å². The number of β-lactam (4-membered cyclic amide) rings is 1. The molecule has 0 aliphatic carbocycles. The maximum absolute atomic E-state index is 13.4. The van der Waals surface area contributed by atoms with Gasteiger partial charge in [0, 0.05) is 52.8 Å². The number of rotatable bonds is 12. The second-order valence-electron chi connectivity index (χ2n) is 12.1. The number of hydrogen-bond acceptors (Lipinski definition) is 15. The standard InChI is InChI=1S/C32H30N6O12S2/c1-16(50-32(43)49-14-18-4-8-20(9-5-18)38(46)47)26-24-11-25(27(29(40)41)36(24)28(26)39)52-21-10-23(22-15-51-30(33)34-22)35(12-21)31(42)48-13-17-2-6-19(7-3-17)37(44)45/h2-9,15-16,21,23-24,26H,10-14H2,1H3,(H2,33,34)(H,40,41)/t16-,21+,23+,24-,26-/m1/s1. The maximum Gasteiger partial charge on any atom is 0.508 e. The maximum atomic E-state index is 13.4. The number of nitro benzene ring substituents is 2. The van der Waals surface area contributed by atoms with Crippen molar-refractivity contribution in [3.63, 3.8) is 0 Å². The monoisotopic (exact) mass is 754 g/mol. The van der Waals surface area contributed by atoms with Gasteiger partial charge in [-0.2, -0.15) is 0 Å². The number of carboxylic acid groups (broad SMARTS) is 1. The third-order valence-electron chi connectivity index (χ3n) is 8.86. The molecule has 20 heteroatoms. The van der Waals surface area contributed by atoms with Crippen molar-refractivity contribution in [1.29, 1.82) is 0 Å². The van der Waals surface area contributed by atoms with E-state index in [1.807, 2.05) is 0 Å². The Labute approximate surface area is 302 Å². The van der Waals surface area contributed by atoms with E-state index in [1.165, 1.54) is 88.4 Å². The summed E-state index contributed by atoms with van der Waals surface area (Å²) in [6.45, 7) is 1.31. The molecule has 0 bridgehead atoms. The number of benzene rings is 2. The van der Waals surface area contributed by atoms with Gasteiger partial charge in [0.15, 0.2) is 5.13 Å². The van der Waals surface area contributed by atoms with Gasteiger partial charge in [0.05, 0.1) is 33.5 Å². The summed E-state index contributed by atoms with van der Waals surface area (Å²) in [4.78, 5) is 79.7. The number of aromatic nitrogens is 1. The first-order valence-corrected chi connectivity index (χ1v) is 17.5. The molecule has 0 spiro atoms. The van der Waals surface area contributed by atoms with Crippen molar-refractivity contribution < 1.29 is 48.3 Å². The van der Waals surface area contributed by atoms with Crippen LogP contribution in [0, 0.1) is 26.1 Å². The molecule has 2 fully saturated rings. The van der Waals surface area contributed by atoms with E-state index in [9.17, 15) is 44.5 Å². The van der Waals surface area contributed by atoms with Crippen LogP contribution in [0.2, 0.25) is 0 Å². The minimum absolute atomic E-state index is 0.100. The minimum Gasteiger partial charge on any atom is -0.477 e. The summed E-state index contributed by atoms with van der Waals surface area (Å²) in [6.07, 6.45) is -2.12. The summed E-state index contributed by atoms with van der Waals surface area (Å²) in [5.74, 6) is -2.65. The van der Waals surface area contributed by atoms with E-state index in [1.54, 1.807) is 5.38 Å². The van der Waals surface area contributed by atoms with Gasteiger partial charge in [0.1, 0.15) is 25.0 Å². The number of nitrogen functional groups attached to an aromatic ring is 1. The Morgan fingerprint density at radius 1 is 1.04 bits per heavy atom. The zero-order chi connectivity index (χ0) is 37.3. The number of nitro groups is 2. The quantitative estimate of drug-likeness (QED) is 0.107. The average Bonchev–Trinajstić information content (AvgIpc) is 3.82. The van der Waals surface area contributed by atoms with Crippen molar-refractivity contribution in [2.75, 3.05) is 12.3 Å². The van der Waals surface area contributed by atoms with Gasteiger partial charge in [-0.1, -0.05) is 0 Å². The topological polar surface area (TPSA) is 248 Å². The van der Waals surface area contributed by atoms with Gasteiger partial charge in [-0.05, 0) is 48.7 Å². The second-order valence-corrected chi connectivity index (χ2v) is 14.4. The molecule has 4 heterocycles. The zero-order valence-electron chi connectivity index (χ0n) is 27.2. The fourth-order valence-corrected chi connectivity index (χ4v) is 8.49. The highest BCUT2D eigenvalue weighted by Gasteiger charge is 2.58. The molecule has 5 atom stereocenters. The van der Waals surface area contributed by atoms with Crippen LogP contribution in [0.1, 0.15) is 42.6 Å². The number of aliphatic carboxylic acids is 1. The first kappa shape index (κ1) is 36.0. The molecule has 272 valence electrons. The SMILES string of the molecule is C[C@@H](OC(=O)OCc1ccc([N+](=O)[O-])cc1)[C@H]1C(=O)N2C(C(=O)O)=C(S[C@H]3C[C@@H](c4csc(N)n4)N(C(=O)OCc4ccc([N+](=O)[O-])cc4)C3)C[C@H]12. The fourth-order valence-electron chi connectivity index (χ4n) is 6.40. The number of non-ortho nitro benzene ring substituents is 2. The molecule has 6 rings (SSSR count). The third kappa shape index (κ3) is 7.47. The lowest BCUT2D eigenvalue weighted by molar-refractivity contribution is -0.385. The average molecular weight is 755 g/mol. The molecular weight excluding hydrogens is 725 g/mol. The molecule has 1 aromatic heterocycles. The van der Waals surface area contributed by atoms with E-state index < -0.39 is 58.1 Å². The number of carbonyl (C=O) groups excluding carboxylic acids is 3. The molecule has 0 unspecified atom stereocenters. The molecule has 3 aromatic rings. The highest BCUT2D eigenvalue weighted by molar-refractivity contribution is 8.03. The van der Waals surface area contributed by atoms with Crippen LogP contribution in [-0.2, 0) is 37.0 Å². The molecule has 52 heavy (non-hydrogen) atoms. The Morgan fingerprint density at radius 2 is 1.63 bits per heavy atom. The molecule has 18 nitrogen and oxygen atoms in total. The number of nitrogens with two attached hydrogens (primary N) is 1. The molecule has 2 amide bonds. The van der Waals surface area contributed by atoms with Crippen LogP contribution < -0.4 is 5.73 Å². The van der Waals surface area contributed by atoms with Crippen LogP contribution >= 0.6 is 23.1 Å². The molecule has 2 aromatic carbocycles. The summed E-state index contributed by atoms with van der Waals surface area (Å²) in [6, 6.07) is 9.87. The Hall–Kier alpha value is -5.76. The van der Waals surface area contributed by atoms with Crippen LogP contribution in [0.5, 0.6) is 0 Å². The summed E-state index contributed by atoms with van der Waals surface area (Å²) in [5, 5.41) is 33.7. The third-order valence-corrected chi connectivity index (χ3v) is 10.9. The van der Waals surface area contributed by atoms with Crippen LogP contribution in [0.15, 0.2) is 64.5 Å². The van der Waals surface area contributed by atoms with Crippen LogP contribution in [0.25, 0.3) is 0 Å². The lowest BCUT2D eigenvalue weighted by atomic mass is 9.83. The van der Waals surface area contributed by atoms with E-state index in [2.05, 4.69) is 4.98 Å². The van der Waals surface area contributed by atoms with Gasteiger partial charge in [0.2, 0.25) is 5.91 Å². The summed E-state index contributed by atoms with van der Waals surface area (Å²) in [7, 11) is 0. The largest absolute Gasteiger partial charge is 0.508 e. The fraction of sp³-hybridized carbons (Fsp3) is 0.344. The minimum atomic E-state index is -1.30. The van der Waals surface area contributed by atoms with Crippen molar-refractivity contribution in [2.45, 2.75) is 56.4 Å². The van der Waals surface area contributed by atoms with Gasteiger partial charge in [-0.3, -0.25) is 29.9 Å². The highest BCUT2D eigenvalue weighted by Crippen LogP contribution is 2.50. The van der Waals surface area contributed by atoms with Crippen LogP contribution in [0.4, 0.5) is 26.1 Å². The molecule has 3 N–H and O–H groups in total. The van der Waals surface area contributed by atoms with Gasteiger partial charge in [0.25, 0.3) is 11.4 Å². The normalized spacial score (nSPS) is 21.3. The van der Waals surface area contributed by atoms with E-state index >= 15 is 0 Å². The highest BCUT2D eigenvalue weighted by atomic mass is 32.2. The number of amides is 2. The van der Waals surface area contributed by atoms with Crippen molar-refractivity contribution >= 4 is 63.7 Å². The first-order valence-electron chi connectivity index (χ1n) is 15.7. The molecule has 3 aliphatic heterocycles. The molecule has 3 aliphatic rings. The second kappa shape index (κ2) is 14.8. The number of ether oxygens (including phenoxy) is 3. The lowest BCUT2D eigenvalue weighted by Crippen LogP contribution is -2.62. The van der Waals surface area contributed by atoms with Gasteiger partial charge in [-0.25, -0.2) is 19.4 Å². The predicted octanol–water partition coefficient (Wildman–Crippen LogP) is 5.00. The Bertz CT molecular complexity index is 1950. The van der Waals surface area contributed by atoms with Crippen LogP contribution in [-0.4, -0.2) is 77.8 Å². The zero-order valence-corrected chi connectivity index (χ0v) is 28.8. The molecule has 0 saturated carbocycles. The molecular formula is C32H30N6O12S2.